The molecule has 1 heterocycles. The van der Waals surface area contributed by atoms with E-state index in [0.29, 0.717) is 12.2 Å². The molecule has 2 nitrogen and oxygen atoms in total. The summed E-state index contributed by atoms with van der Waals surface area (Å²) in [6.45, 7) is 5.64. The lowest BCUT2D eigenvalue weighted by atomic mass is 9.86. The summed E-state index contributed by atoms with van der Waals surface area (Å²) >= 11 is 0. The molecule has 1 aliphatic rings. The van der Waals surface area contributed by atoms with Gasteiger partial charge in [0.15, 0.2) is 0 Å². The molecule has 1 aromatic rings. The smallest absolute Gasteiger partial charge is 0.126 e. The molecule has 1 aromatic carbocycles. The average Bonchev–Trinajstić information content (AvgIpc) is 2.18. The van der Waals surface area contributed by atoms with Crippen molar-refractivity contribution in [2.75, 3.05) is 6.61 Å². The first kappa shape index (κ1) is 9.07. The van der Waals surface area contributed by atoms with Gasteiger partial charge in [0.05, 0.1) is 0 Å². The highest BCUT2D eigenvalue weighted by molar-refractivity contribution is 5.45. The van der Waals surface area contributed by atoms with E-state index in [1.807, 2.05) is 24.3 Å². The van der Waals surface area contributed by atoms with Crippen LogP contribution in [-0.4, -0.2) is 11.7 Å². The first-order valence-electron chi connectivity index (χ1n) is 4.50. The molecule has 14 heavy (non-hydrogen) atoms. The van der Waals surface area contributed by atoms with E-state index < -0.39 is 5.60 Å². The van der Waals surface area contributed by atoms with Gasteiger partial charge in [-0.3, -0.25) is 0 Å². The Morgan fingerprint density at radius 1 is 1.50 bits per heavy atom. The predicted octanol–water partition coefficient (Wildman–Crippen LogP) is 2.00. The Balaban J connectivity index is 2.62. The largest absolute Gasteiger partial charge is 0.488 e. The molecule has 0 radical (unpaired) electrons. The van der Waals surface area contributed by atoms with Gasteiger partial charge in [-0.2, -0.15) is 0 Å². The quantitative estimate of drug-likeness (QED) is 0.631. The van der Waals surface area contributed by atoms with Gasteiger partial charge >= 0.3 is 0 Å². The summed E-state index contributed by atoms with van der Waals surface area (Å²) in [5, 5.41) is 10.3. The van der Waals surface area contributed by atoms with Crippen LogP contribution in [-0.2, 0) is 5.60 Å². The molecule has 1 aliphatic heterocycles. The Bertz CT molecular complexity index is 412. The Morgan fingerprint density at radius 3 is 2.93 bits per heavy atom. The van der Waals surface area contributed by atoms with Crippen LogP contribution in [0.15, 0.2) is 42.1 Å². The van der Waals surface area contributed by atoms with Crippen molar-refractivity contribution in [3.63, 3.8) is 0 Å². The fraction of sp³-hybridized carbons (Fsp3) is 0.250. The second-order valence-corrected chi connectivity index (χ2v) is 3.51. The van der Waals surface area contributed by atoms with Crippen molar-refractivity contribution in [3.05, 3.63) is 47.7 Å². The highest BCUT2D eigenvalue weighted by atomic mass is 16.5. The second-order valence-electron chi connectivity index (χ2n) is 3.51. The summed E-state index contributed by atoms with van der Waals surface area (Å²) in [4.78, 5) is 0. The number of aliphatic hydroxyl groups is 1. The van der Waals surface area contributed by atoms with Crippen molar-refractivity contribution in [3.8, 4) is 5.75 Å². The van der Waals surface area contributed by atoms with E-state index in [-0.39, 0.29) is 0 Å². The molecule has 0 amide bonds. The van der Waals surface area contributed by atoms with Crippen LogP contribution in [0.25, 0.3) is 0 Å². The second kappa shape index (κ2) is 3.02. The topological polar surface area (TPSA) is 29.5 Å². The highest BCUT2D eigenvalue weighted by Gasteiger charge is 2.34. The van der Waals surface area contributed by atoms with Gasteiger partial charge in [0.2, 0.25) is 0 Å². The molecule has 1 unspecified atom stereocenters. The molecule has 72 valence electrons. The van der Waals surface area contributed by atoms with E-state index in [1.165, 1.54) is 0 Å². The molecule has 2 rings (SSSR count). The van der Waals surface area contributed by atoms with Crippen LogP contribution in [0.5, 0.6) is 5.75 Å². The summed E-state index contributed by atoms with van der Waals surface area (Å²) in [5.41, 5.74) is 3.18. The van der Waals surface area contributed by atoms with Crippen molar-refractivity contribution < 1.29 is 9.84 Å². The van der Waals surface area contributed by atoms with Crippen molar-refractivity contribution >= 4 is 0 Å². The standard InChI is InChI=1S/C12H12O2/c1-3-9-8-14-11-7-5-4-6-10(11)12(9,2)13/h4-7,13H,1,8H2,2H3. The van der Waals surface area contributed by atoms with E-state index in [1.54, 1.807) is 6.92 Å². The van der Waals surface area contributed by atoms with Gasteiger partial charge in [0, 0.05) is 11.1 Å². The third-order valence-electron chi connectivity index (χ3n) is 2.58. The molecule has 0 bridgehead atoms. The maximum Gasteiger partial charge on any atom is 0.126 e. The van der Waals surface area contributed by atoms with Crippen LogP contribution in [0.4, 0.5) is 0 Å². The monoisotopic (exact) mass is 188 g/mol. The average molecular weight is 188 g/mol. The van der Waals surface area contributed by atoms with Crippen molar-refractivity contribution in [1.29, 1.82) is 0 Å². The SMILES string of the molecule is C=C=C1COc2ccccc2C1(C)O. The number of ether oxygens (including phenoxy) is 1. The fourth-order valence-corrected chi connectivity index (χ4v) is 1.67. The third kappa shape index (κ3) is 1.17. The zero-order valence-electron chi connectivity index (χ0n) is 8.08. The lowest BCUT2D eigenvalue weighted by molar-refractivity contribution is 0.0687. The van der Waals surface area contributed by atoms with Gasteiger partial charge in [-0.15, -0.1) is 5.73 Å². The molecule has 0 saturated carbocycles. The zero-order chi connectivity index (χ0) is 10.2. The Morgan fingerprint density at radius 2 is 2.21 bits per heavy atom. The highest BCUT2D eigenvalue weighted by Crippen LogP contribution is 2.38. The fourth-order valence-electron chi connectivity index (χ4n) is 1.67. The molecule has 0 aromatic heterocycles. The molecule has 0 spiro atoms. The maximum absolute atomic E-state index is 10.3. The van der Waals surface area contributed by atoms with Gasteiger partial charge in [0.25, 0.3) is 0 Å². The molecular weight excluding hydrogens is 176 g/mol. The minimum atomic E-state index is -1.00. The summed E-state index contributed by atoms with van der Waals surface area (Å²) in [6.07, 6.45) is 0. The van der Waals surface area contributed by atoms with E-state index in [4.69, 9.17) is 4.74 Å². The Labute approximate surface area is 83.1 Å². The lowest BCUT2D eigenvalue weighted by Crippen LogP contribution is -2.32. The van der Waals surface area contributed by atoms with E-state index in [9.17, 15) is 5.11 Å². The zero-order valence-corrected chi connectivity index (χ0v) is 8.08. The van der Waals surface area contributed by atoms with Crippen molar-refractivity contribution in [1.82, 2.24) is 0 Å². The van der Waals surface area contributed by atoms with Crippen LogP contribution >= 0.6 is 0 Å². The third-order valence-corrected chi connectivity index (χ3v) is 2.58. The predicted molar refractivity (Wildman–Crippen MR) is 54.2 cm³/mol. The molecule has 1 N–H and O–H groups in total. The van der Waals surface area contributed by atoms with Crippen LogP contribution in [0, 0.1) is 0 Å². The van der Waals surface area contributed by atoms with Gasteiger partial charge < -0.3 is 9.84 Å². The molecular formula is C12H12O2. The number of hydrogen-bond donors (Lipinski definition) is 1. The number of para-hydroxylation sites is 1. The summed E-state index contributed by atoms with van der Waals surface area (Å²) in [5.74, 6) is 0.733. The van der Waals surface area contributed by atoms with Gasteiger partial charge in [0.1, 0.15) is 18.0 Å². The summed E-state index contributed by atoms with van der Waals surface area (Å²) in [7, 11) is 0. The maximum atomic E-state index is 10.3. The summed E-state index contributed by atoms with van der Waals surface area (Å²) in [6, 6.07) is 7.47. The van der Waals surface area contributed by atoms with Gasteiger partial charge in [-0.1, -0.05) is 24.8 Å². The van der Waals surface area contributed by atoms with Gasteiger partial charge in [-0.05, 0) is 13.0 Å². The molecule has 2 heteroatoms. The minimum Gasteiger partial charge on any atom is -0.488 e. The van der Waals surface area contributed by atoms with Gasteiger partial charge in [-0.25, -0.2) is 0 Å². The molecule has 0 aliphatic carbocycles. The Hall–Kier alpha value is -1.50. The first-order chi connectivity index (χ1) is 6.66. The summed E-state index contributed by atoms with van der Waals surface area (Å²) < 4.78 is 5.46. The Kier molecular flexibility index (Phi) is 1.95. The normalized spacial score (nSPS) is 24.9. The minimum absolute atomic E-state index is 0.355. The van der Waals surface area contributed by atoms with Crippen LogP contribution in [0.1, 0.15) is 12.5 Å². The molecule has 0 saturated heterocycles. The van der Waals surface area contributed by atoms with Crippen molar-refractivity contribution in [2.45, 2.75) is 12.5 Å². The number of benzene rings is 1. The van der Waals surface area contributed by atoms with Crippen LogP contribution in [0.3, 0.4) is 0 Å². The van der Waals surface area contributed by atoms with E-state index in [0.717, 1.165) is 11.3 Å². The molecule has 1 atom stereocenters. The van der Waals surface area contributed by atoms with E-state index >= 15 is 0 Å². The van der Waals surface area contributed by atoms with Crippen LogP contribution in [0.2, 0.25) is 0 Å². The van der Waals surface area contributed by atoms with Crippen molar-refractivity contribution in [2.24, 2.45) is 0 Å². The molecule has 0 fully saturated rings. The first-order valence-corrected chi connectivity index (χ1v) is 4.50. The number of hydrogen-bond acceptors (Lipinski definition) is 2. The van der Waals surface area contributed by atoms with Crippen LogP contribution < -0.4 is 4.74 Å². The van der Waals surface area contributed by atoms with E-state index in [2.05, 4.69) is 12.3 Å². The lowest BCUT2D eigenvalue weighted by Gasteiger charge is -2.32. The number of fused-ring (bicyclic) bond motifs is 1. The number of rotatable bonds is 0.